The van der Waals surface area contributed by atoms with Crippen LogP contribution in [0.1, 0.15) is 30.3 Å². The fourth-order valence-electron chi connectivity index (χ4n) is 3.52. The third-order valence-electron chi connectivity index (χ3n) is 4.76. The molecule has 1 aliphatic heterocycles. The molecule has 2 aromatic heterocycles. The zero-order valence-electron chi connectivity index (χ0n) is 14.3. The Balaban J connectivity index is 1.63. The van der Waals surface area contributed by atoms with Crippen molar-refractivity contribution in [1.29, 1.82) is 0 Å². The molecule has 4 rings (SSSR count). The van der Waals surface area contributed by atoms with Crippen LogP contribution in [-0.4, -0.2) is 45.6 Å². The molecule has 132 valence electrons. The monoisotopic (exact) mass is 359 g/mol. The Morgan fingerprint density at radius 3 is 2.80 bits per heavy atom. The van der Waals surface area contributed by atoms with Gasteiger partial charge in [0.1, 0.15) is 10.7 Å². The first-order valence-electron chi connectivity index (χ1n) is 8.40. The predicted octanol–water partition coefficient (Wildman–Crippen LogP) is 2.17. The Morgan fingerprint density at radius 2 is 2.08 bits per heavy atom. The normalized spacial score (nSPS) is 19.5. The minimum Gasteiger partial charge on any atom is -0.342 e. The van der Waals surface area contributed by atoms with Gasteiger partial charge in [0.05, 0.1) is 16.7 Å². The summed E-state index contributed by atoms with van der Waals surface area (Å²) in [6.07, 6.45) is 3.33. The third kappa shape index (κ3) is 2.85. The molecule has 1 saturated heterocycles. The van der Waals surface area contributed by atoms with Crippen molar-refractivity contribution in [3.05, 3.63) is 42.0 Å². The van der Waals surface area contributed by atoms with Crippen LogP contribution in [-0.2, 0) is 17.1 Å². The van der Waals surface area contributed by atoms with Crippen LogP contribution >= 0.6 is 0 Å². The van der Waals surface area contributed by atoms with Gasteiger partial charge in [0.15, 0.2) is 0 Å². The van der Waals surface area contributed by atoms with Crippen LogP contribution in [0.3, 0.4) is 0 Å². The molecule has 0 amide bonds. The van der Waals surface area contributed by atoms with E-state index in [1.807, 2.05) is 24.3 Å². The zero-order valence-corrected chi connectivity index (χ0v) is 15.1. The molecule has 1 atom stereocenters. The van der Waals surface area contributed by atoms with Crippen molar-refractivity contribution in [3.63, 3.8) is 0 Å². The van der Waals surface area contributed by atoms with Crippen LogP contribution in [0, 0.1) is 6.92 Å². The highest BCUT2D eigenvalue weighted by molar-refractivity contribution is 7.89. The number of aromatic nitrogens is 4. The minimum atomic E-state index is -3.53. The van der Waals surface area contributed by atoms with E-state index < -0.39 is 10.0 Å². The van der Waals surface area contributed by atoms with Gasteiger partial charge in [0, 0.05) is 32.3 Å². The maximum Gasteiger partial charge on any atom is 0.246 e. The molecular weight excluding hydrogens is 338 g/mol. The lowest BCUT2D eigenvalue weighted by Gasteiger charge is -2.30. The van der Waals surface area contributed by atoms with Gasteiger partial charge in [-0.25, -0.2) is 13.4 Å². The number of imidazole rings is 1. The number of aryl methyl sites for hydroxylation is 2. The summed E-state index contributed by atoms with van der Waals surface area (Å²) in [6.45, 7) is 2.71. The Morgan fingerprint density at radius 1 is 1.28 bits per heavy atom. The average molecular weight is 359 g/mol. The number of hydrogen-bond acceptors (Lipinski definition) is 4. The number of hydrogen-bond donors (Lipinski definition) is 1. The number of sulfonamides is 1. The smallest absolute Gasteiger partial charge is 0.246 e. The van der Waals surface area contributed by atoms with Crippen LogP contribution in [0.15, 0.2) is 35.4 Å². The number of nitrogens with one attached hydrogen (secondary N) is 1. The Bertz CT molecular complexity index is 988. The minimum absolute atomic E-state index is 0.0768. The van der Waals surface area contributed by atoms with Gasteiger partial charge in [-0.3, -0.25) is 4.68 Å². The molecule has 0 radical (unpaired) electrons. The highest BCUT2D eigenvalue weighted by atomic mass is 32.2. The summed E-state index contributed by atoms with van der Waals surface area (Å²) >= 11 is 0. The molecule has 0 spiro atoms. The summed E-state index contributed by atoms with van der Waals surface area (Å²) < 4.78 is 29.1. The van der Waals surface area contributed by atoms with Crippen molar-refractivity contribution >= 4 is 21.1 Å². The average Bonchev–Trinajstić information content (AvgIpc) is 3.18. The fraction of sp³-hybridized carbons (Fsp3) is 0.412. The van der Waals surface area contributed by atoms with Crippen molar-refractivity contribution in [2.45, 2.75) is 30.6 Å². The lowest BCUT2D eigenvalue weighted by Crippen LogP contribution is -2.39. The number of piperidine rings is 1. The second-order valence-corrected chi connectivity index (χ2v) is 8.50. The van der Waals surface area contributed by atoms with Crippen molar-refractivity contribution in [1.82, 2.24) is 24.1 Å². The number of fused-ring (bicyclic) bond motifs is 1. The van der Waals surface area contributed by atoms with E-state index in [1.54, 1.807) is 29.2 Å². The Labute approximate surface area is 146 Å². The number of H-pyrrole nitrogens is 1. The molecule has 1 N–H and O–H groups in total. The molecule has 8 heteroatoms. The van der Waals surface area contributed by atoms with Crippen LogP contribution in [0.25, 0.3) is 11.0 Å². The number of benzene rings is 1. The molecule has 1 fully saturated rings. The van der Waals surface area contributed by atoms with Gasteiger partial charge in [-0.1, -0.05) is 12.1 Å². The highest BCUT2D eigenvalue weighted by Crippen LogP contribution is 2.30. The zero-order chi connectivity index (χ0) is 17.6. The number of nitrogens with zero attached hydrogens (tertiary/aromatic N) is 4. The molecule has 1 aliphatic rings. The molecule has 3 aromatic rings. The third-order valence-corrected chi connectivity index (χ3v) is 6.73. The van der Waals surface area contributed by atoms with Crippen molar-refractivity contribution < 1.29 is 8.42 Å². The quantitative estimate of drug-likeness (QED) is 0.777. The van der Waals surface area contributed by atoms with E-state index in [9.17, 15) is 8.42 Å². The highest BCUT2D eigenvalue weighted by Gasteiger charge is 2.33. The summed E-state index contributed by atoms with van der Waals surface area (Å²) in [7, 11) is -1.80. The first-order valence-corrected chi connectivity index (χ1v) is 9.84. The number of rotatable bonds is 3. The van der Waals surface area contributed by atoms with E-state index in [0.717, 1.165) is 29.7 Å². The molecule has 1 aromatic carbocycles. The van der Waals surface area contributed by atoms with Crippen molar-refractivity contribution in [3.8, 4) is 0 Å². The van der Waals surface area contributed by atoms with Gasteiger partial charge in [-0.2, -0.15) is 9.40 Å². The van der Waals surface area contributed by atoms with E-state index in [1.165, 1.54) is 0 Å². The Hall–Kier alpha value is -2.19. The van der Waals surface area contributed by atoms with Gasteiger partial charge in [-0.15, -0.1) is 0 Å². The SMILES string of the molecule is Cc1nn(C)cc1S(=O)(=O)N1CCCC(c2nc3ccccc3[nH]2)C1. The molecule has 7 nitrogen and oxygen atoms in total. The molecular formula is C17H21N5O2S. The van der Waals surface area contributed by atoms with E-state index in [-0.39, 0.29) is 5.92 Å². The van der Waals surface area contributed by atoms with E-state index in [2.05, 4.69) is 15.1 Å². The second-order valence-electron chi connectivity index (χ2n) is 6.59. The van der Waals surface area contributed by atoms with Gasteiger partial charge in [0.2, 0.25) is 10.0 Å². The molecule has 0 saturated carbocycles. The van der Waals surface area contributed by atoms with Gasteiger partial charge in [-0.05, 0) is 31.9 Å². The van der Waals surface area contributed by atoms with Gasteiger partial charge >= 0.3 is 0 Å². The lowest BCUT2D eigenvalue weighted by atomic mass is 9.99. The molecule has 0 aliphatic carbocycles. The molecule has 1 unspecified atom stereocenters. The van der Waals surface area contributed by atoms with Crippen LogP contribution < -0.4 is 0 Å². The first kappa shape index (κ1) is 16.3. The summed E-state index contributed by atoms with van der Waals surface area (Å²) in [5, 5.41) is 4.17. The first-order chi connectivity index (χ1) is 11.9. The molecule has 0 bridgehead atoms. The summed E-state index contributed by atoms with van der Waals surface area (Å²) in [6, 6.07) is 7.87. The lowest BCUT2D eigenvalue weighted by molar-refractivity contribution is 0.310. The van der Waals surface area contributed by atoms with E-state index in [0.29, 0.717) is 23.7 Å². The summed E-state index contributed by atoms with van der Waals surface area (Å²) in [5.74, 6) is 0.942. The second kappa shape index (κ2) is 5.96. The van der Waals surface area contributed by atoms with Crippen LogP contribution in [0.2, 0.25) is 0 Å². The maximum absolute atomic E-state index is 13.0. The van der Waals surface area contributed by atoms with E-state index >= 15 is 0 Å². The fourth-order valence-corrected chi connectivity index (χ4v) is 5.24. The Kier molecular flexibility index (Phi) is 3.88. The van der Waals surface area contributed by atoms with Crippen LogP contribution in [0.5, 0.6) is 0 Å². The summed E-state index contributed by atoms with van der Waals surface area (Å²) in [5.41, 5.74) is 2.44. The maximum atomic E-state index is 13.0. The van der Waals surface area contributed by atoms with Crippen LogP contribution in [0.4, 0.5) is 0 Å². The number of para-hydroxylation sites is 2. The molecule has 3 heterocycles. The topological polar surface area (TPSA) is 83.9 Å². The van der Waals surface area contributed by atoms with Crippen molar-refractivity contribution in [2.75, 3.05) is 13.1 Å². The largest absolute Gasteiger partial charge is 0.342 e. The predicted molar refractivity (Wildman–Crippen MR) is 94.8 cm³/mol. The standard InChI is InChI=1S/C17H21N5O2S/c1-12-16(11-21(2)20-12)25(23,24)22-9-5-6-13(10-22)17-18-14-7-3-4-8-15(14)19-17/h3-4,7-8,11,13H,5-6,9-10H2,1-2H3,(H,18,19). The van der Waals surface area contributed by atoms with E-state index in [4.69, 9.17) is 0 Å². The molecule has 25 heavy (non-hydrogen) atoms. The van der Waals surface area contributed by atoms with Crippen molar-refractivity contribution in [2.24, 2.45) is 7.05 Å². The van der Waals surface area contributed by atoms with Gasteiger partial charge < -0.3 is 4.98 Å². The number of aromatic amines is 1. The van der Waals surface area contributed by atoms with Gasteiger partial charge in [0.25, 0.3) is 0 Å². The summed E-state index contributed by atoms with van der Waals surface area (Å²) in [4.78, 5) is 8.29.